The van der Waals surface area contributed by atoms with Gasteiger partial charge in [-0.1, -0.05) is 37.5 Å². The Morgan fingerprint density at radius 3 is 2.26 bits per heavy atom. The van der Waals surface area contributed by atoms with E-state index >= 15 is 0 Å². The van der Waals surface area contributed by atoms with E-state index in [9.17, 15) is 0 Å². The van der Waals surface area contributed by atoms with Crippen molar-refractivity contribution in [3.8, 4) is 0 Å². The zero-order valence-corrected chi connectivity index (χ0v) is 16.6. The second kappa shape index (κ2) is 7.40. The van der Waals surface area contributed by atoms with E-state index in [1.165, 1.54) is 69.2 Å². The van der Waals surface area contributed by atoms with Crippen LogP contribution in [0.1, 0.15) is 37.7 Å². The highest BCUT2D eigenvalue weighted by Gasteiger charge is 2.35. The molecule has 3 aliphatic rings. The van der Waals surface area contributed by atoms with Gasteiger partial charge in [-0.15, -0.1) is 0 Å². The highest BCUT2D eigenvalue weighted by Crippen LogP contribution is 2.28. The molecule has 2 aliphatic heterocycles. The maximum absolute atomic E-state index is 4.91. The monoisotopic (exact) mass is 364 g/mol. The molecule has 5 rings (SSSR count). The Morgan fingerprint density at radius 1 is 0.852 bits per heavy atom. The van der Waals surface area contributed by atoms with E-state index in [4.69, 9.17) is 4.98 Å². The number of aryl methyl sites for hydroxylation is 1. The van der Waals surface area contributed by atoms with E-state index in [1.54, 1.807) is 0 Å². The Hall–Kier alpha value is -1.65. The first-order valence-electron chi connectivity index (χ1n) is 10.9. The van der Waals surface area contributed by atoms with Gasteiger partial charge >= 0.3 is 0 Å². The average molecular weight is 365 g/mol. The summed E-state index contributed by atoms with van der Waals surface area (Å²) in [5.41, 5.74) is 2.46. The minimum absolute atomic E-state index is 0.715. The molecule has 0 unspecified atom stereocenters. The molecule has 1 aliphatic carbocycles. The Labute approximate surface area is 163 Å². The summed E-state index contributed by atoms with van der Waals surface area (Å²) in [5.74, 6) is 1.16. The van der Waals surface area contributed by atoms with Gasteiger partial charge in [-0.05, 0) is 37.5 Å². The van der Waals surface area contributed by atoms with Crippen LogP contribution in [0.25, 0.3) is 10.9 Å². The van der Waals surface area contributed by atoms with Crippen molar-refractivity contribution < 1.29 is 0 Å². The molecule has 0 radical (unpaired) electrons. The van der Waals surface area contributed by atoms with Crippen LogP contribution in [0.2, 0.25) is 0 Å². The lowest BCUT2D eigenvalue weighted by atomic mass is 9.93. The van der Waals surface area contributed by atoms with Crippen molar-refractivity contribution in [1.29, 1.82) is 0 Å². The quantitative estimate of drug-likeness (QED) is 0.828. The first-order chi connectivity index (χ1) is 13.3. The van der Waals surface area contributed by atoms with Crippen LogP contribution in [0.5, 0.6) is 0 Å². The summed E-state index contributed by atoms with van der Waals surface area (Å²) in [6, 6.07) is 12.3. The van der Waals surface area contributed by atoms with Crippen LogP contribution < -0.4 is 4.90 Å². The van der Waals surface area contributed by atoms with Crippen LogP contribution in [0, 0.1) is 6.92 Å². The Kier molecular flexibility index (Phi) is 4.78. The topological polar surface area (TPSA) is 22.6 Å². The molecular formula is C23H32N4. The molecule has 0 N–H and O–H groups in total. The van der Waals surface area contributed by atoms with E-state index in [0.29, 0.717) is 6.04 Å². The largest absolute Gasteiger partial charge is 0.353 e. The summed E-state index contributed by atoms with van der Waals surface area (Å²) in [7, 11) is 0. The fourth-order valence-corrected chi connectivity index (χ4v) is 5.28. The van der Waals surface area contributed by atoms with Gasteiger partial charge in [0.25, 0.3) is 0 Å². The molecule has 4 nitrogen and oxygen atoms in total. The molecule has 1 aromatic carbocycles. The van der Waals surface area contributed by atoms with Crippen molar-refractivity contribution in [3.05, 3.63) is 35.9 Å². The molecule has 4 heteroatoms. The predicted octanol–water partition coefficient (Wildman–Crippen LogP) is 3.68. The van der Waals surface area contributed by atoms with Gasteiger partial charge in [0.15, 0.2) is 0 Å². The highest BCUT2D eigenvalue weighted by atomic mass is 15.4. The lowest BCUT2D eigenvalue weighted by molar-refractivity contribution is 0.0487. The number of nitrogens with zero attached hydrogens (tertiary/aromatic N) is 4. The average Bonchev–Trinajstić information content (AvgIpc) is 2.68. The zero-order valence-electron chi connectivity index (χ0n) is 16.6. The second-order valence-corrected chi connectivity index (χ2v) is 8.74. The molecular weight excluding hydrogens is 332 g/mol. The van der Waals surface area contributed by atoms with Gasteiger partial charge in [0.05, 0.1) is 5.52 Å². The van der Waals surface area contributed by atoms with Crippen LogP contribution in [0.15, 0.2) is 30.3 Å². The smallest absolute Gasteiger partial charge is 0.129 e. The van der Waals surface area contributed by atoms with Crippen LogP contribution in [0.3, 0.4) is 0 Å². The second-order valence-electron chi connectivity index (χ2n) is 8.74. The maximum atomic E-state index is 4.91. The third-order valence-corrected chi connectivity index (χ3v) is 7.05. The Bertz CT molecular complexity index is 784. The van der Waals surface area contributed by atoms with Crippen molar-refractivity contribution in [2.45, 2.75) is 51.1 Å². The van der Waals surface area contributed by atoms with Crippen molar-refractivity contribution in [2.75, 3.05) is 44.2 Å². The molecule has 0 bridgehead atoms. The zero-order chi connectivity index (χ0) is 18.2. The third kappa shape index (κ3) is 3.45. The third-order valence-electron chi connectivity index (χ3n) is 7.05. The molecule has 0 atom stereocenters. The van der Waals surface area contributed by atoms with E-state index < -0.39 is 0 Å². The fourth-order valence-electron chi connectivity index (χ4n) is 5.28. The predicted molar refractivity (Wildman–Crippen MR) is 113 cm³/mol. The molecule has 0 amide bonds. The van der Waals surface area contributed by atoms with Gasteiger partial charge in [0.2, 0.25) is 0 Å². The number of para-hydroxylation sites is 1. The highest BCUT2D eigenvalue weighted by molar-refractivity contribution is 5.83. The standard InChI is InChI=1S/C23H32N4/c1-18-15-23(24-22-10-6-5-9-21(18)22)27-16-20(17-27)26-13-11-25(12-14-26)19-7-3-2-4-8-19/h5-6,9-10,15,19-20H,2-4,7-8,11-14,16-17H2,1H3. The number of anilines is 1. The van der Waals surface area contributed by atoms with Crippen LogP contribution in [-0.4, -0.2) is 66.1 Å². The number of benzene rings is 1. The summed E-state index contributed by atoms with van der Waals surface area (Å²) in [6.07, 6.45) is 7.21. The molecule has 144 valence electrons. The number of piperazine rings is 1. The molecule has 0 spiro atoms. The lowest BCUT2D eigenvalue weighted by Crippen LogP contribution is -2.64. The van der Waals surface area contributed by atoms with Crippen molar-refractivity contribution >= 4 is 16.7 Å². The van der Waals surface area contributed by atoms with E-state index in [-0.39, 0.29) is 0 Å². The summed E-state index contributed by atoms with van der Waals surface area (Å²) < 4.78 is 0. The Balaban J connectivity index is 1.17. The van der Waals surface area contributed by atoms with Crippen molar-refractivity contribution in [3.63, 3.8) is 0 Å². The molecule has 2 saturated heterocycles. The summed E-state index contributed by atoms with van der Waals surface area (Å²) in [5, 5.41) is 1.28. The van der Waals surface area contributed by atoms with Gasteiger partial charge in [-0.2, -0.15) is 0 Å². The molecule has 1 saturated carbocycles. The van der Waals surface area contributed by atoms with Gasteiger partial charge in [-0.25, -0.2) is 4.98 Å². The van der Waals surface area contributed by atoms with Crippen LogP contribution in [-0.2, 0) is 0 Å². The van der Waals surface area contributed by atoms with Crippen molar-refractivity contribution in [1.82, 2.24) is 14.8 Å². The molecule has 1 aromatic heterocycles. The number of rotatable bonds is 3. The molecule has 2 aromatic rings. The number of aromatic nitrogens is 1. The van der Waals surface area contributed by atoms with E-state index in [1.807, 2.05) is 0 Å². The lowest BCUT2D eigenvalue weighted by Gasteiger charge is -2.50. The number of pyridine rings is 1. The summed E-state index contributed by atoms with van der Waals surface area (Å²) in [6.45, 7) is 9.51. The van der Waals surface area contributed by atoms with E-state index in [2.05, 4.69) is 52.0 Å². The summed E-state index contributed by atoms with van der Waals surface area (Å²) in [4.78, 5) is 12.9. The minimum atomic E-state index is 0.715. The summed E-state index contributed by atoms with van der Waals surface area (Å²) >= 11 is 0. The van der Waals surface area contributed by atoms with E-state index in [0.717, 1.165) is 30.5 Å². The fraction of sp³-hybridized carbons (Fsp3) is 0.609. The van der Waals surface area contributed by atoms with Crippen LogP contribution in [0.4, 0.5) is 5.82 Å². The number of hydrogen-bond acceptors (Lipinski definition) is 4. The minimum Gasteiger partial charge on any atom is -0.353 e. The van der Waals surface area contributed by atoms with Gasteiger partial charge in [0.1, 0.15) is 5.82 Å². The maximum Gasteiger partial charge on any atom is 0.129 e. The van der Waals surface area contributed by atoms with Gasteiger partial charge in [0, 0.05) is 56.7 Å². The van der Waals surface area contributed by atoms with Gasteiger partial charge in [-0.3, -0.25) is 9.80 Å². The Morgan fingerprint density at radius 2 is 1.52 bits per heavy atom. The molecule has 3 heterocycles. The first kappa shape index (κ1) is 17.4. The normalized spacial score (nSPS) is 23.7. The van der Waals surface area contributed by atoms with Crippen LogP contribution >= 0.6 is 0 Å². The molecule has 3 fully saturated rings. The van der Waals surface area contributed by atoms with Gasteiger partial charge < -0.3 is 4.90 Å². The van der Waals surface area contributed by atoms with Crippen molar-refractivity contribution in [2.24, 2.45) is 0 Å². The number of fused-ring (bicyclic) bond motifs is 1. The first-order valence-corrected chi connectivity index (χ1v) is 10.9. The SMILES string of the molecule is Cc1cc(N2CC(N3CCN(C4CCCCC4)CC3)C2)nc2ccccc12. The number of hydrogen-bond donors (Lipinski definition) is 0. The molecule has 27 heavy (non-hydrogen) atoms.